The van der Waals surface area contributed by atoms with Gasteiger partial charge in [-0.1, -0.05) is 91.0 Å². The number of hydrogen-bond donors (Lipinski definition) is 0. The molecule has 208 valence electrons. The summed E-state index contributed by atoms with van der Waals surface area (Å²) < 4.78 is 4.69. The maximum atomic E-state index is 4.89. The number of hydrogen-bond acceptors (Lipinski definition) is 2. The fraction of sp³-hybridized carbons (Fsp3) is 0.0500. The van der Waals surface area contributed by atoms with Crippen LogP contribution in [0.25, 0.3) is 77.0 Å². The average molecular weight is 565 g/mol. The summed E-state index contributed by atoms with van der Waals surface area (Å²) in [5.41, 5.74) is 9.19. The summed E-state index contributed by atoms with van der Waals surface area (Å²) in [5.74, 6) is 1.66. The van der Waals surface area contributed by atoms with Crippen LogP contribution in [0.2, 0.25) is 0 Å². The van der Waals surface area contributed by atoms with Crippen LogP contribution in [-0.4, -0.2) is 19.1 Å². The fourth-order valence-corrected chi connectivity index (χ4v) is 7.04. The number of rotatable bonds is 3. The molecule has 4 nitrogen and oxygen atoms in total. The molecule has 0 saturated carbocycles. The topological polar surface area (TPSA) is 35.6 Å². The predicted molar refractivity (Wildman–Crippen MR) is 183 cm³/mol. The van der Waals surface area contributed by atoms with Crippen molar-refractivity contribution in [3.63, 3.8) is 0 Å². The predicted octanol–water partition coefficient (Wildman–Crippen LogP) is 10.1. The van der Waals surface area contributed by atoms with Gasteiger partial charge in [0.1, 0.15) is 11.6 Å². The van der Waals surface area contributed by atoms with E-state index in [9.17, 15) is 0 Å². The van der Waals surface area contributed by atoms with Crippen molar-refractivity contribution in [2.45, 2.75) is 13.8 Å². The van der Waals surface area contributed by atoms with Gasteiger partial charge < -0.3 is 4.57 Å². The maximum absolute atomic E-state index is 4.89. The molecule has 3 heterocycles. The van der Waals surface area contributed by atoms with Crippen LogP contribution in [-0.2, 0) is 0 Å². The van der Waals surface area contributed by atoms with Crippen LogP contribution in [0.15, 0.2) is 133 Å². The molecule has 0 fully saturated rings. The van der Waals surface area contributed by atoms with Crippen LogP contribution in [0.5, 0.6) is 0 Å². The zero-order valence-corrected chi connectivity index (χ0v) is 24.5. The Morgan fingerprint density at radius 1 is 0.455 bits per heavy atom. The normalized spacial score (nSPS) is 11.9. The molecule has 0 radical (unpaired) electrons. The lowest BCUT2D eigenvalue weighted by atomic mass is 9.98. The van der Waals surface area contributed by atoms with Crippen LogP contribution in [0.4, 0.5) is 0 Å². The molecule has 0 amide bonds. The zero-order valence-electron chi connectivity index (χ0n) is 24.5. The van der Waals surface area contributed by atoms with Gasteiger partial charge >= 0.3 is 0 Å². The molecular formula is C40H28N4. The van der Waals surface area contributed by atoms with Gasteiger partial charge in [0.05, 0.1) is 22.1 Å². The Morgan fingerprint density at radius 3 is 1.80 bits per heavy atom. The van der Waals surface area contributed by atoms with Gasteiger partial charge in [-0.05, 0) is 72.1 Å². The molecule has 9 aromatic rings. The highest BCUT2D eigenvalue weighted by atomic mass is 15.1. The average Bonchev–Trinajstić information content (AvgIpc) is 3.55. The largest absolute Gasteiger partial charge is 0.309 e. The van der Waals surface area contributed by atoms with Crippen LogP contribution >= 0.6 is 0 Å². The van der Waals surface area contributed by atoms with Gasteiger partial charge in [-0.3, -0.25) is 4.57 Å². The SMILES string of the molecule is Cc1cc(-n2c3ccccc3c3cc4c5ccccc5n(-c5ccc(-c6cccc7ccccc67)cc5)c4cc32)nc(C)n1. The van der Waals surface area contributed by atoms with Gasteiger partial charge in [0, 0.05) is 39.0 Å². The standard InChI is InChI=1S/C40H28N4/c1-25-22-40(42-26(2)41-25)44-37-17-8-6-14-33(37)35-23-34-32-13-5-7-16-36(32)43(38(34)24-39(35)44)29-20-18-28(19-21-29)31-15-9-11-27-10-3-4-12-30(27)31/h3-24H,1-2H3. The molecule has 0 atom stereocenters. The monoisotopic (exact) mass is 564 g/mol. The van der Waals surface area contributed by atoms with E-state index < -0.39 is 0 Å². The Morgan fingerprint density at radius 2 is 1.07 bits per heavy atom. The number of benzene rings is 6. The molecule has 0 unspecified atom stereocenters. The molecule has 44 heavy (non-hydrogen) atoms. The second-order valence-electron chi connectivity index (χ2n) is 11.6. The maximum Gasteiger partial charge on any atom is 0.141 e. The second kappa shape index (κ2) is 9.38. The molecule has 4 heteroatoms. The van der Waals surface area contributed by atoms with Gasteiger partial charge in [-0.25, -0.2) is 9.97 Å². The van der Waals surface area contributed by atoms with Gasteiger partial charge in [0.15, 0.2) is 0 Å². The Balaban J connectivity index is 1.32. The molecule has 0 N–H and O–H groups in total. The molecule has 0 saturated heterocycles. The quantitative estimate of drug-likeness (QED) is 0.214. The van der Waals surface area contributed by atoms with E-state index >= 15 is 0 Å². The molecule has 0 spiro atoms. The minimum Gasteiger partial charge on any atom is -0.309 e. The van der Waals surface area contributed by atoms with E-state index in [1.807, 2.05) is 13.8 Å². The first-order chi connectivity index (χ1) is 21.6. The summed E-state index contributed by atoms with van der Waals surface area (Å²) >= 11 is 0. The Hall–Kier alpha value is -5.74. The summed E-state index contributed by atoms with van der Waals surface area (Å²) in [6.45, 7) is 3.99. The molecule has 6 aromatic carbocycles. The van der Waals surface area contributed by atoms with Crippen molar-refractivity contribution in [3.05, 3.63) is 145 Å². The highest BCUT2D eigenvalue weighted by Gasteiger charge is 2.19. The van der Waals surface area contributed by atoms with Crippen LogP contribution < -0.4 is 0 Å². The number of nitrogens with zero attached hydrogens (tertiary/aromatic N) is 4. The fourth-order valence-electron chi connectivity index (χ4n) is 7.04. The first-order valence-corrected chi connectivity index (χ1v) is 15.0. The summed E-state index contributed by atoms with van der Waals surface area (Å²) in [5, 5.41) is 7.44. The van der Waals surface area contributed by atoms with Gasteiger partial charge in [0.2, 0.25) is 0 Å². The molecule has 0 aliphatic rings. The van der Waals surface area contributed by atoms with Crippen molar-refractivity contribution >= 4 is 54.4 Å². The van der Waals surface area contributed by atoms with Crippen molar-refractivity contribution in [3.8, 4) is 22.6 Å². The van der Waals surface area contributed by atoms with Crippen molar-refractivity contribution < 1.29 is 0 Å². The molecule has 3 aromatic heterocycles. The van der Waals surface area contributed by atoms with E-state index in [4.69, 9.17) is 4.98 Å². The Labute approximate surface area is 254 Å². The number of fused-ring (bicyclic) bond motifs is 7. The van der Waals surface area contributed by atoms with E-state index in [-0.39, 0.29) is 0 Å². The van der Waals surface area contributed by atoms with E-state index in [0.29, 0.717) is 0 Å². The molecule has 0 aliphatic heterocycles. The van der Waals surface area contributed by atoms with Crippen molar-refractivity contribution in [1.82, 2.24) is 19.1 Å². The first kappa shape index (κ1) is 24.8. The number of aryl methyl sites for hydroxylation is 2. The van der Waals surface area contributed by atoms with E-state index in [2.05, 4.69) is 148 Å². The third-order valence-electron chi connectivity index (χ3n) is 8.87. The third kappa shape index (κ3) is 3.64. The molecule has 9 rings (SSSR count). The Kier molecular flexibility index (Phi) is 5.29. The van der Waals surface area contributed by atoms with Crippen molar-refractivity contribution in [2.75, 3.05) is 0 Å². The Bertz CT molecular complexity index is 2540. The number of para-hydroxylation sites is 2. The third-order valence-corrected chi connectivity index (χ3v) is 8.87. The summed E-state index contributed by atoms with van der Waals surface area (Å²) in [6.07, 6.45) is 0. The van der Waals surface area contributed by atoms with E-state index in [0.717, 1.165) is 34.1 Å². The molecule has 0 bridgehead atoms. The van der Waals surface area contributed by atoms with E-state index in [1.165, 1.54) is 54.5 Å². The zero-order chi connectivity index (χ0) is 29.4. The van der Waals surface area contributed by atoms with Gasteiger partial charge in [-0.2, -0.15) is 0 Å². The highest BCUT2D eigenvalue weighted by Crippen LogP contribution is 2.40. The lowest BCUT2D eigenvalue weighted by Gasteiger charge is -2.12. The van der Waals surface area contributed by atoms with Crippen molar-refractivity contribution in [2.24, 2.45) is 0 Å². The minimum absolute atomic E-state index is 0.771. The van der Waals surface area contributed by atoms with Gasteiger partial charge in [-0.15, -0.1) is 0 Å². The van der Waals surface area contributed by atoms with Crippen LogP contribution in [0.1, 0.15) is 11.5 Å². The highest BCUT2D eigenvalue weighted by molar-refractivity contribution is 6.19. The molecular weight excluding hydrogens is 536 g/mol. The first-order valence-electron chi connectivity index (χ1n) is 15.0. The second-order valence-corrected chi connectivity index (χ2v) is 11.6. The van der Waals surface area contributed by atoms with E-state index in [1.54, 1.807) is 0 Å². The lowest BCUT2D eigenvalue weighted by molar-refractivity contribution is 0.955. The van der Waals surface area contributed by atoms with Crippen LogP contribution in [0, 0.1) is 13.8 Å². The van der Waals surface area contributed by atoms with Crippen LogP contribution in [0.3, 0.4) is 0 Å². The summed E-state index contributed by atoms with van der Waals surface area (Å²) in [4.78, 5) is 9.44. The smallest absolute Gasteiger partial charge is 0.141 e. The van der Waals surface area contributed by atoms with Gasteiger partial charge in [0.25, 0.3) is 0 Å². The summed E-state index contributed by atoms with van der Waals surface area (Å²) in [7, 11) is 0. The minimum atomic E-state index is 0.771. The van der Waals surface area contributed by atoms with Crippen molar-refractivity contribution in [1.29, 1.82) is 0 Å². The number of aromatic nitrogens is 4. The molecule has 0 aliphatic carbocycles. The summed E-state index contributed by atoms with van der Waals surface area (Å²) in [6, 6.07) is 48.3. The lowest BCUT2D eigenvalue weighted by Crippen LogP contribution is -2.02.